The molecule has 0 saturated carbocycles. The SMILES string of the molecule is CCOC(=O)NS(=O)(=O)C(F)(F)F.[LiH]. The van der Waals surface area contributed by atoms with Crippen molar-refractivity contribution in [2.24, 2.45) is 0 Å². The molecule has 5 nitrogen and oxygen atoms in total. The standard InChI is InChI=1S/C4H6F3NO4S.Li.H/c1-2-12-3(9)8-13(10,11)4(5,6)7;;/h2H2,1H3,(H,8,9);;. The van der Waals surface area contributed by atoms with E-state index in [2.05, 4.69) is 4.74 Å². The first-order valence-electron chi connectivity index (χ1n) is 2.96. The molecule has 0 saturated heterocycles. The molecule has 0 rings (SSSR count). The number of sulfonamides is 1. The first kappa shape index (κ1) is 16.1. The van der Waals surface area contributed by atoms with Gasteiger partial charge in [-0.25, -0.2) is 9.52 Å². The number of rotatable bonds is 2. The second-order valence-electron chi connectivity index (χ2n) is 1.77. The summed E-state index contributed by atoms with van der Waals surface area (Å²) in [6.45, 7) is 1.10. The average Bonchev–Trinajstić information content (AvgIpc) is 1.83. The first-order chi connectivity index (χ1) is 5.70. The van der Waals surface area contributed by atoms with E-state index >= 15 is 0 Å². The molecule has 10 heteroatoms. The molecule has 0 aliphatic rings. The summed E-state index contributed by atoms with van der Waals surface area (Å²) in [5.41, 5.74) is -5.51. The monoisotopic (exact) mass is 229 g/mol. The first-order valence-corrected chi connectivity index (χ1v) is 4.45. The third kappa shape index (κ3) is 4.74. The zero-order chi connectivity index (χ0) is 10.7. The topological polar surface area (TPSA) is 72.5 Å². The van der Waals surface area contributed by atoms with E-state index in [-0.39, 0.29) is 25.5 Å². The van der Waals surface area contributed by atoms with Gasteiger partial charge in [-0.3, -0.25) is 0 Å². The van der Waals surface area contributed by atoms with Gasteiger partial charge in [0, 0.05) is 0 Å². The quantitative estimate of drug-likeness (QED) is 0.673. The normalized spacial score (nSPS) is 11.4. The molecule has 0 aliphatic heterocycles. The second-order valence-corrected chi connectivity index (χ2v) is 3.45. The molecule has 0 aromatic carbocycles. The van der Waals surface area contributed by atoms with Gasteiger partial charge in [0.05, 0.1) is 6.61 Å². The van der Waals surface area contributed by atoms with Crippen LogP contribution in [0.5, 0.6) is 0 Å². The third-order valence-corrected chi connectivity index (χ3v) is 1.84. The fourth-order valence-electron chi connectivity index (χ4n) is 0.328. The number of halogens is 3. The van der Waals surface area contributed by atoms with E-state index in [4.69, 9.17) is 0 Å². The fraction of sp³-hybridized carbons (Fsp3) is 0.750. The van der Waals surface area contributed by atoms with Crippen LogP contribution in [0.2, 0.25) is 0 Å². The predicted octanol–water partition coefficient (Wildman–Crippen LogP) is -0.0664. The number of hydrogen-bond acceptors (Lipinski definition) is 4. The van der Waals surface area contributed by atoms with Crippen LogP contribution in [0.25, 0.3) is 0 Å². The van der Waals surface area contributed by atoms with Crippen molar-refractivity contribution in [3.05, 3.63) is 0 Å². The molecule has 0 unspecified atom stereocenters. The van der Waals surface area contributed by atoms with Gasteiger partial charge in [-0.2, -0.15) is 21.6 Å². The molecular weight excluding hydrogens is 222 g/mol. The zero-order valence-corrected chi connectivity index (χ0v) is 7.20. The van der Waals surface area contributed by atoms with Gasteiger partial charge in [0.25, 0.3) is 0 Å². The van der Waals surface area contributed by atoms with Crippen molar-refractivity contribution in [2.45, 2.75) is 12.4 Å². The van der Waals surface area contributed by atoms with E-state index in [1.54, 1.807) is 0 Å². The Hall–Kier alpha value is -0.393. The van der Waals surface area contributed by atoms with Gasteiger partial charge in [0.15, 0.2) is 0 Å². The van der Waals surface area contributed by atoms with Crippen molar-refractivity contribution >= 4 is 35.0 Å². The predicted molar refractivity (Wildman–Crippen MR) is 42.3 cm³/mol. The van der Waals surface area contributed by atoms with E-state index in [9.17, 15) is 26.4 Å². The summed E-state index contributed by atoms with van der Waals surface area (Å²) in [7, 11) is -5.64. The zero-order valence-electron chi connectivity index (χ0n) is 6.38. The van der Waals surface area contributed by atoms with Crippen LogP contribution >= 0.6 is 0 Å². The molecular formula is C4H7F3LiNO4S. The molecule has 0 aliphatic carbocycles. The van der Waals surface area contributed by atoms with Crippen LogP contribution in [0.3, 0.4) is 0 Å². The molecule has 0 fully saturated rings. The van der Waals surface area contributed by atoms with Gasteiger partial charge in [-0.05, 0) is 6.92 Å². The molecule has 14 heavy (non-hydrogen) atoms. The molecule has 0 atom stereocenters. The maximum absolute atomic E-state index is 11.6. The van der Waals surface area contributed by atoms with E-state index < -0.39 is 21.6 Å². The molecule has 0 radical (unpaired) electrons. The summed E-state index contributed by atoms with van der Waals surface area (Å²) in [6, 6.07) is 0. The minimum atomic E-state index is -5.64. The van der Waals surface area contributed by atoms with Gasteiger partial charge in [0.1, 0.15) is 0 Å². The minimum absolute atomic E-state index is 0. The summed E-state index contributed by atoms with van der Waals surface area (Å²) in [4.78, 5) is 10.3. The number of amides is 1. The Morgan fingerprint density at radius 3 is 2.14 bits per heavy atom. The Morgan fingerprint density at radius 2 is 1.86 bits per heavy atom. The molecule has 0 aromatic rings. The van der Waals surface area contributed by atoms with Crippen LogP contribution < -0.4 is 4.72 Å². The Kier molecular flexibility index (Phi) is 6.28. The molecule has 0 spiro atoms. The number of carbonyl (C=O) groups excluding carboxylic acids is 1. The van der Waals surface area contributed by atoms with Crippen LogP contribution in [0.1, 0.15) is 6.92 Å². The van der Waals surface area contributed by atoms with E-state index in [0.717, 1.165) is 0 Å². The van der Waals surface area contributed by atoms with E-state index in [1.807, 2.05) is 0 Å². The molecule has 80 valence electrons. The van der Waals surface area contributed by atoms with Crippen molar-refractivity contribution in [1.82, 2.24) is 4.72 Å². The Labute approximate surface area is 90.2 Å². The number of carbonyl (C=O) groups is 1. The van der Waals surface area contributed by atoms with Crippen LogP contribution in [0.4, 0.5) is 18.0 Å². The average molecular weight is 229 g/mol. The Morgan fingerprint density at radius 1 is 1.43 bits per heavy atom. The van der Waals surface area contributed by atoms with E-state index in [0.29, 0.717) is 4.72 Å². The fourth-order valence-corrected chi connectivity index (χ4v) is 0.722. The molecule has 0 bridgehead atoms. The van der Waals surface area contributed by atoms with Crippen LogP contribution in [-0.4, -0.2) is 45.5 Å². The number of hydrogen-bond donors (Lipinski definition) is 1. The maximum atomic E-state index is 11.6. The summed E-state index contributed by atoms with van der Waals surface area (Å²) in [5, 5.41) is 0. The van der Waals surface area contributed by atoms with Gasteiger partial charge in [-0.15, -0.1) is 0 Å². The number of ether oxygens (including phenoxy) is 1. The van der Waals surface area contributed by atoms with Crippen molar-refractivity contribution in [1.29, 1.82) is 0 Å². The molecule has 0 heterocycles. The molecule has 1 N–H and O–H groups in total. The van der Waals surface area contributed by atoms with Gasteiger partial charge in [0.2, 0.25) is 0 Å². The van der Waals surface area contributed by atoms with Crippen molar-refractivity contribution in [2.75, 3.05) is 6.61 Å². The number of alkyl halides is 3. The summed E-state index contributed by atoms with van der Waals surface area (Å²) in [6.07, 6.45) is -1.65. The van der Waals surface area contributed by atoms with Gasteiger partial charge in [-0.1, -0.05) is 0 Å². The summed E-state index contributed by atoms with van der Waals surface area (Å²) in [5.74, 6) is 0. The van der Waals surface area contributed by atoms with Crippen LogP contribution in [0, 0.1) is 0 Å². The summed E-state index contributed by atoms with van der Waals surface area (Å²) < 4.78 is 59.8. The van der Waals surface area contributed by atoms with Crippen molar-refractivity contribution in [3.63, 3.8) is 0 Å². The van der Waals surface area contributed by atoms with Gasteiger partial charge < -0.3 is 4.74 Å². The van der Waals surface area contributed by atoms with Gasteiger partial charge >= 0.3 is 40.5 Å². The van der Waals surface area contributed by atoms with Crippen LogP contribution in [-0.2, 0) is 14.8 Å². The Bertz CT molecular complexity index is 287. The number of nitrogens with one attached hydrogen (secondary N) is 1. The second kappa shape index (κ2) is 5.48. The molecule has 1 amide bonds. The summed E-state index contributed by atoms with van der Waals surface area (Å²) >= 11 is 0. The molecule has 0 aromatic heterocycles. The van der Waals surface area contributed by atoms with Crippen molar-refractivity contribution < 1.29 is 31.1 Å². The Balaban J connectivity index is 0. The van der Waals surface area contributed by atoms with E-state index in [1.165, 1.54) is 6.92 Å². The third-order valence-electron chi connectivity index (χ3n) is 0.798. The van der Waals surface area contributed by atoms with Crippen molar-refractivity contribution in [3.8, 4) is 0 Å². The van der Waals surface area contributed by atoms with Crippen LogP contribution in [0.15, 0.2) is 0 Å².